The molecule has 2 heterocycles. The second-order valence-electron chi connectivity index (χ2n) is 3.35. The van der Waals surface area contributed by atoms with Crippen LogP contribution >= 0.6 is 0 Å². The molecule has 0 radical (unpaired) electrons. The standard InChI is InChI=1S/C11H9N5/c1-2-4-11-10(3-1)9(5-13-11)6-14-16-8-12-7-15-16/h1-8,13H. The Labute approximate surface area is 91.4 Å². The average molecular weight is 211 g/mol. The first kappa shape index (κ1) is 8.84. The van der Waals surface area contributed by atoms with Gasteiger partial charge in [-0.2, -0.15) is 5.10 Å². The summed E-state index contributed by atoms with van der Waals surface area (Å²) in [6.45, 7) is 0. The number of aromatic amines is 1. The summed E-state index contributed by atoms with van der Waals surface area (Å²) >= 11 is 0. The first-order valence-electron chi connectivity index (χ1n) is 4.88. The number of H-pyrrole nitrogens is 1. The van der Waals surface area contributed by atoms with Crippen LogP contribution in [0.3, 0.4) is 0 Å². The summed E-state index contributed by atoms with van der Waals surface area (Å²) in [5.41, 5.74) is 2.13. The maximum atomic E-state index is 4.16. The molecule has 0 bridgehead atoms. The van der Waals surface area contributed by atoms with Crippen molar-refractivity contribution in [3.8, 4) is 0 Å². The average Bonchev–Trinajstić information content (AvgIpc) is 2.96. The van der Waals surface area contributed by atoms with E-state index in [0.717, 1.165) is 16.5 Å². The molecule has 0 saturated carbocycles. The number of aromatic nitrogens is 4. The van der Waals surface area contributed by atoms with E-state index < -0.39 is 0 Å². The Balaban J connectivity index is 2.01. The van der Waals surface area contributed by atoms with Crippen molar-refractivity contribution in [1.82, 2.24) is 19.9 Å². The monoisotopic (exact) mass is 211 g/mol. The fourth-order valence-corrected chi connectivity index (χ4v) is 1.58. The molecule has 2 aromatic heterocycles. The van der Waals surface area contributed by atoms with Gasteiger partial charge in [0.2, 0.25) is 0 Å². The Kier molecular flexibility index (Phi) is 2.00. The molecule has 0 saturated heterocycles. The zero-order valence-corrected chi connectivity index (χ0v) is 8.41. The Bertz CT molecular complexity index is 621. The van der Waals surface area contributed by atoms with Gasteiger partial charge in [-0.25, -0.2) is 4.98 Å². The molecule has 5 heteroatoms. The highest BCUT2D eigenvalue weighted by Crippen LogP contribution is 2.15. The summed E-state index contributed by atoms with van der Waals surface area (Å²) in [6.07, 6.45) is 6.68. The number of fused-ring (bicyclic) bond motifs is 1. The number of rotatable bonds is 2. The summed E-state index contributed by atoms with van der Waals surface area (Å²) in [5, 5.41) is 9.19. The minimum Gasteiger partial charge on any atom is -0.361 e. The van der Waals surface area contributed by atoms with Crippen LogP contribution in [-0.2, 0) is 0 Å². The predicted octanol–water partition coefficient (Wildman–Crippen LogP) is 1.64. The topological polar surface area (TPSA) is 58.9 Å². The maximum Gasteiger partial charge on any atom is 0.139 e. The van der Waals surface area contributed by atoms with E-state index in [4.69, 9.17) is 0 Å². The molecule has 78 valence electrons. The van der Waals surface area contributed by atoms with Crippen LogP contribution in [0.4, 0.5) is 0 Å². The third-order valence-electron chi connectivity index (χ3n) is 2.34. The molecule has 0 unspecified atom stereocenters. The largest absolute Gasteiger partial charge is 0.361 e. The summed E-state index contributed by atoms with van der Waals surface area (Å²) in [5.74, 6) is 0. The predicted molar refractivity (Wildman–Crippen MR) is 61.3 cm³/mol. The molecule has 1 N–H and O–H groups in total. The van der Waals surface area contributed by atoms with Gasteiger partial charge in [0.05, 0.1) is 6.21 Å². The highest BCUT2D eigenvalue weighted by Gasteiger charge is 1.99. The summed E-state index contributed by atoms with van der Waals surface area (Å²) in [6, 6.07) is 8.08. The van der Waals surface area contributed by atoms with E-state index in [1.54, 1.807) is 12.5 Å². The van der Waals surface area contributed by atoms with E-state index in [1.165, 1.54) is 11.1 Å². The van der Waals surface area contributed by atoms with Crippen molar-refractivity contribution in [3.05, 3.63) is 48.7 Å². The number of benzene rings is 1. The smallest absolute Gasteiger partial charge is 0.139 e. The summed E-state index contributed by atoms with van der Waals surface area (Å²) in [4.78, 5) is 8.41. The van der Waals surface area contributed by atoms with Gasteiger partial charge in [-0.05, 0) is 6.07 Å². The fourth-order valence-electron chi connectivity index (χ4n) is 1.58. The lowest BCUT2D eigenvalue weighted by atomic mass is 10.2. The van der Waals surface area contributed by atoms with Crippen LogP contribution < -0.4 is 0 Å². The normalized spacial score (nSPS) is 11.5. The van der Waals surface area contributed by atoms with Crippen molar-refractivity contribution in [2.24, 2.45) is 5.10 Å². The van der Waals surface area contributed by atoms with Gasteiger partial charge >= 0.3 is 0 Å². The fraction of sp³-hybridized carbons (Fsp3) is 0. The number of nitrogens with one attached hydrogen (secondary N) is 1. The van der Waals surface area contributed by atoms with Gasteiger partial charge in [-0.15, -0.1) is 9.89 Å². The molecule has 3 aromatic rings. The molecule has 0 aliphatic rings. The van der Waals surface area contributed by atoms with Crippen LogP contribution in [-0.4, -0.2) is 26.1 Å². The van der Waals surface area contributed by atoms with Crippen LogP contribution in [0.25, 0.3) is 10.9 Å². The number of hydrogen-bond donors (Lipinski definition) is 1. The third kappa shape index (κ3) is 1.48. The Morgan fingerprint density at radius 3 is 3.12 bits per heavy atom. The SMILES string of the molecule is C(=Nn1cncn1)c1c[nH]c2ccccc12. The molecule has 0 aliphatic heterocycles. The zero-order chi connectivity index (χ0) is 10.8. The lowest BCUT2D eigenvalue weighted by molar-refractivity contribution is 0.743. The molecule has 0 aliphatic carbocycles. The van der Waals surface area contributed by atoms with E-state index >= 15 is 0 Å². The first-order chi connectivity index (χ1) is 7.93. The number of para-hydroxylation sites is 1. The van der Waals surface area contributed by atoms with Crippen molar-refractivity contribution >= 4 is 17.1 Å². The minimum atomic E-state index is 1.03. The second-order valence-corrected chi connectivity index (χ2v) is 3.35. The lowest BCUT2D eigenvalue weighted by Crippen LogP contribution is -1.89. The number of hydrogen-bond acceptors (Lipinski definition) is 3. The van der Waals surface area contributed by atoms with Crippen molar-refractivity contribution in [2.45, 2.75) is 0 Å². The molecule has 0 atom stereocenters. The van der Waals surface area contributed by atoms with Gasteiger partial charge in [0, 0.05) is 22.7 Å². The van der Waals surface area contributed by atoms with Crippen molar-refractivity contribution < 1.29 is 0 Å². The van der Waals surface area contributed by atoms with Crippen LogP contribution in [0.5, 0.6) is 0 Å². The van der Waals surface area contributed by atoms with E-state index in [0.29, 0.717) is 0 Å². The van der Waals surface area contributed by atoms with Gasteiger partial charge in [-0.1, -0.05) is 18.2 Å². The third-order valence-corrected chi connectivity index (χ3v) is 2.34. The van der Waals surface area contributed by atoms with E-state index in [2.05, 4.69) is 26.2 Å². The molecule has 1 aromatic carbocycles. The Hall–Kier alpha value is -2.43. The molecule has 0 fully saturated rings. The quantitative estimate of drug-likeness (QED) is 0.655. The van der Waals surface area contributed by atoms with Crippen LogP contribution in [0.1, 0.15) is 5.56 Å². The molecule has 16 heavy (non-hydrogen) atoms. The molecule has 5 nitrogen and oxygen atoms in total. The van der Waals surface area contributed by atoms with Crippen molar-refractivity contribution in [3.63, 3.8) is 0 Å². The Morgan fingerprint density at radius 1 is 1.31 bits per heavy atom. The maximum absolute atomic E-state index is 4.16. The van der Waals surface area contributed by atoms with E-state index in [-0.39, 0.29) is 0 Å². The summed E-state index contributed by atoms with van der Waals surface area (Å²) in [7, 11) is 0. The zero-order valence-electron chi connectivity index (χ0n) is 8.41. The molecule has 0 spiro atoms. The van der Waals surface area contributed by atoms with Gasteiger partial charge in [0.15, 0.2) is 0 Å². The van der Waals surface area contributed by atoms with Crippen molar-refractivity contribution in [1.29, 1.82) is 0 Å². The highest BCUT2D eigenvalue weighted by atomic mass is 15.5. The molecule has 0 amide bonds. The number of nitrogens with zero attached hydrogens (tertiary/aromatic N) is 4. The van der Waals surface area contributed by atoms with Crippen LogP contribution in [0.15, 0.2) is 48.2 Å². The molecular formula is C11H9N5. The molecule has 3 rings (SSSR count). The van der Waals surface area contributed by atoms with Crippen molar-refractivity contribution in [2.75, 3.05) is 0 Å². The highest BCUT2D eigenvalue weighted by molar-refractivity contribution is 5.98. The second kappa shape index (κ2) is 3.62. The van der Waals surface area contributed by atoms with E-state index in [1.807, 2.05) is 24.4 Å². The first-order valence-corrected chi connectivity index (χ1v) is 4.88. The minimum absolute atomic E-state index is 1.03. The summed E-state index contributed by atoms with van der Waals surface area (Å²) < 4.78 is 0. The Morgan fingerprint density at radius 2 is 2.25 bits per heavy atom. The van der Waals surface area contributed by atoms with Crippen LogP contribution in [0.2, 0.25) is 0 Å². The molecular weight excluding hydrogens is 202 g/mol. The van der Waals surface area contributed by atoms with Gasteiger partial charge in [0.1, 0.15) is 12.7 Å². The van der Waals surface area contributed by atoms with Crippen LogP contribution in [0, 0.1) is 0 Å². The lowest BCUT2D eigenvalue weighted by Gasteiger charge is -1.90. The van der Waals surface area contributed by atoms with E-state index in [9.17, 15) is 0 Å². The van der Waals surface area contributed by atoms with Gasteiger partial charge in [-0.3, -0.25) is 0 Å². The van der Waals surface area contributed by atoms with Gasteiger partial charge in [0.25, 0.3) is 0 Å². The van der Waals surface area contributed by atoms with Gasteiger partial charge < -0.3 is 4.98 Å².